The average molecular weight is 530 g/mol. The van der Waals surface area contributed by atoms with Crippen molar-refractivity contribution in [2.45, 2.75) is 39.8 Å². The highest BCUT2D eigenvalue weighted by atomic mass is 127. The van der Waals surface area contributed by atoms with Gasteiger partial charge in [-0.3, -0.25) is 9.80 Å². The van der Waals surface area contributed by atoms with Gasteiger partial charge in [-0.2, -0.15) is 0 Å². The smallest absolute Gasteiger partial charge is 0.191 e. The van der Waals surface area contributed by atoms with Crippen molar-refractivity contribution in [3.8, 4) is 0 Å². The molecule has 170 valence electrons. The fourth-order valence-electron chi connectivity index (χ4n) is 3.99. The second-order valence-electron chi connectivity index (χ2n) is 8.30. The molecule has 2 aliphatic heterocycles. The van der Waals surface area contributed by atoms with E-state index in [1.807, 2.05) is 0 Å². The molecule has 2 N–H and O–H groups in total. The summed E-state index contributed by atoms with van der Waals surface area (Å²) in [5.74, 6) is 1.78. The van der Waals surface area contributed by atoms with Crippen molar-refractivity contribution in [1.29, 1.82) is 0 Å². The molecule has 0 atom stereocenters. The molecule has 0 saturated carbocycles. The van der Waals surface area contributed by atoms with E-state index in [1.54, 1.807) is 0 Å². The molecule has 0 amide bonds. The van der Waals surface area contributed by atoms with Crippen molar-refractivity contribution in [3.63, 3.8) is 0 Å². The zero-order valence-corrected chi connectivity index (χ0v) is 21.1. The number of aliphatic imine (C=N–C) groups is 1. The van der Waals surface area contributed by atoms with E-state index in [2.05, 4.69) is 58.5 Å². The van der Waals surface area contributed by atoms with Gasteiger partial charge in [0.25, 0.3) is 0 Å². The second-order valence-corrected chi connectivity index (χ2v) is 8.30. The molecule has 0 unspecified atom stereocenters. The molecule has 2 fully saturated rings. The minimum Gasteiger partial charge on any atom is -0.379 e. The number of nitrogens with one attached hydrogen (secondary N) is 2. The van der Waals surface area contributed by atoms with Gasteiger partial charge < -0.3 is 15.4 Å². The number of hydrogen-bond acceptors (Lipinski definition) is 4. The van der Waals surface area contributed by atoms with Crippen LogP contribution in [-0.4, -0.2) is 74.8 Å². The highest BCUT2D eigenvalue weighted by molar-refractivity contribution is 14.0. The highest BCUT2D eigenvalue weighted by Crippen LogP contribution is 2.20. The van der Waals surface area contributed by atoms with Crippen molar-refractivity contribution in [2.75, 3.05) is 59.0 Å². The molecule has 0 spiro atoms. The van der Waals surface area contributed by atoms with Crippen LogP contribution in [0.15, 0.2) is 29.3 Å². The number of likely N-dealkylation sites (tertiary alicyclic amines) is 1. The number of halogens is 1. The molecule has 0 aromatic heterocycles. The third-order valence-corrected chi connectivity index (χ3v) is 5.96. The van der Waals surface area contributed by atoms with Crippen molar-refractivity contribution in [2.24, 2.45) is 10.9 Å². The number of rotatable bonds is 8. The second kappa shape index (κ2) is 14.2. The standard InChI is InChI=1S/C23H39N5O.HI/c1-3-24-23(25-10-13-27-14-16-29-17-15-27)26-18-21-6-4-5-7-22(21)19-28-11-8-20(2)9-12-28;/h4-7,20H,3,8-19H2,1-2H3,(H2,24,25,26);1H. The first kappa shape index (κ1) is 25.4. The van der Waals surface area contributed by atoms with Crippen LogP contribution >= 0.6 is 24.0 Å². The molecule has 30 heavy (non-hydrogen) atoms. The molecule has 0 bridgehead atoms. The number of nitrogens with zero attached hydrogens (tertiary/aromatic N) is 3. The monoisotopic (exact) mass is 529 g/mol. The molecule has 0 radical (unpaired) electrons. The Morgan fingerprint density at radius 1 is 1.03 bits per heavy atom. The zero-order valence-electron chi connectivity index (χ0n) is 18.7. The van der Waals surface area contributed by atoms with Gasteiger partial charge in [-0.1, -0.05) is 31.2 Å². The van der Waals surface area contributed by atoms with Crippen LogP contribution < -0.4 is 10.6 Å². The molecule has 2 aliphatic rings. The van der Waals surface area contributed by atoms with Gasteiger partial charge in [0.2, 0.25) is 0 Å². The van der Waals surface area contributed by atoms with E-state index in [-0.39, 0.29) is 24.0 Å². The van der Waals surface area contributed by atoms with E-state index in [0.717, 1.165) is 64.4 Å². The van der Waals surface area contributed by atoms with Gasteiger partial charge in [0.05, 0.1) is 19.8 Å². The fraction of sp³-hybridized carbons (Fsp3) is 0.696. The SMILES string of the molecule is CCNC(=NCc1ccccc1CN1CCC(C)CC1)NCCN1CCOCC1.I. The largest absolute Gasteiger partial charge is 0.379 e. The molecular weight excluding hydrogens is 489 g/mol. The predicted octanol–water partition coefficient (Wildman–Crippen LogP) is 2.92. The Labute approximate surface area is 199 Å². The van der Waals surface area contributed by atoms with Crippen molar-refractivity contribution in [3.05, 3.63) is 35.4 Å². The van der Waals surface area contributed by atoms with Crippen LogP contribution in [-0.2, 0) is 17.8 Å². The Hall–Kier alpha value is -0.900. The molecule has 7 heteroatoms. The number of benzene rings is 1. The molecule has 6 nitrogen and oxygen atoms in total. The van der Waals surface area contributed by atoms with E-state index in [9.17, 15) is 0 Å². The van der Waals surface area contributed by atoms with Gasteiger partial charge in [-0.25, -0.2) is 4.99 Å². The topological polar surface area (TPSA) is 52.1 Å². The molecule has 1 aromatic carbocycles. The van der Waals surface area contributed by atoms with Crippen molar-refractivity contribution in [1.82, 2.24) is 20.4 Å². The number of ether oxygens (including phenoxy) is 1. The lowest BCUT2D eigenvalue weighted by Gasteiger charge is -2.30. The predicted molar refractivity (Wildman–Crippen MR) is 136 cm³/mol. The Bertz CT molecular complexity index is 628. The van der Waals surface area contributed by atoms with Gasteiger partial charge in [-0.05, 0) is 49.9 Å². The summed E-state index contributed by atoms with van der Waals surface area (Å²) in [6.45, 7) is 15.2. The Kier molecular flexibility index (Phi) is 12.0. The quantitative estimate of drug-likeness (QED) is 0.308. The summed E-state index contributed by atoms with van der Waals surface area (Å²) in [7, 11) is 0. The highest BCUT2D eigenvalue weighted by Gasteiger charge is 2.16. The maximum atomic E-state index is 5.42. The number of guanidine groups is 1. The molecule has 1 aromatic rings. The van der Waals surface area contributed by atoms with Crippen LogP contribution in [0.5, 0.6) is 0 Å². The first-order chi connectivity index (χ1) is 14.2. The van der Waals surface area contributed by atoms with Crippen molar-refractivity contribution >= 4 is 29.9 Å². The Morgan fingerprint density at radius 2 is 1.73 bits per heavy atom. The third-order valence-electron chi connectivity index (χ3n) is 5.96. The first-order valence-electron chi connectivity index (χ1n) is 11.4. The van der Waals surface area contributed by atoms with Gasteiger partial charge in [0.15, 0.2) is 5.96 Å². The lowest BCUT2D eigenvalue weighted by atomic mass is 9.98. The number of hydrogen-bond donors (Lipinski definition) is 2. The number of morpholine rings is 1. The Morgan fingerprint density at radius 3 is 2.43 bits per heavy atom. The Balaban J connectivity index is 0.00000320. The summed E-state index contributed by atoms with van der Waals surface area (Å²) in [5, 5.41) is 6.87. The van der Waals surface area contributed by atoms with Crippen LogP contribution in [0.1, 0.15) is 37.8 Å². The summed E-state index contributed by atoms with van der Waals surface area (Å²) in [5.41, 5.74) is 2.74. The van der Waals surface area contributed by atoms with Crippen LogP contribution in [0, 0.1) is 5.92 Å². The fourth-order valence-corrected chi connectivity index (χ4v) is 3.99. The maximum absolute atomic E-state index is 5.42. The van der Waals surface area contributed by atoms with Gasteiger partial charge in [-0.15, -0.1) is 24.0 Å². The van der Waals surface area contributed by atoms with Crippen LogP contribution in [0.25, 0.3) is 0 Å². The van der Waals surface area contributed by atoms with E-state index in [0.29, 0.717) is 6.54 Å². The number of piperidine rings is 1. The van der Waals surface area contributed by atoms with Crippen LogP contribution in [0.2, 0.25) is 0 Å². The molecule has 2 heterocycles. The lowest BCUT2D eigenvalue weighted by molar-refractivity contribution is 0.0389. The zero-order chi connectivity index (χ0) is 20.3. The minimum absolute atomic E-state index is 0. The minimum atomic E-state index is 0. The summed E-state index contributed by atoms with van der Waals surface area (Å²) in [6, 6.07) is 8.77. The van der Waals surface area contributed by atoms with Crippen LogP contribution in [0.4, 0.5) is 0 Å². The van der Waals surface area contributed by atoms with E-state index in [1.165, 1.54) is 37.1 Å². The molecule has 2 saturated heterocycles. The van der Waals surface area contributed by atoms with Crippen molar-refractivity contribution < 1.29 is 4.74 Å². The summed E-state index contributed by atoms with van der Waals surface area (Å²) in [4.78, 5) is 9.90. The normalized spacial score (nSPS) is 19.3. The summed E-state index contributed by atoms with van der Waals surface area (Å²) < 4.78 is 5.42. The average Bonchev–Trinajstić information content (AvgIpc) is 2.75. The van der Waals surface area contributed by atoms with Gasteiger partial charge >= 0.3 is 0 Å². The summed E-state index contributed by atoms with van der Waals surface area (Å²) >= 11 is 0. The first-order valence-corrected chi connectivity index (χ1v) is 11.4. The van der Waals surface area contributed by atoms with Gasteiger partial charge in [0.1, 0.15) is 0 Å². The lowest BCUT2D eigenvalue weighted by Crippen LogP contribution is -2.44. The third kappa shape index (κ3) is 8.69. The molecular formula is C23H40IN5O. The molecule has 3 rings (SSSR count). The maximum Gasteiger partial charge on any atom is 0.191 e. The van der Waals surface area contributed by atoms with E-state index < -0.39 is 0 Å². The van der Waals surface area contributed by atoms with Gasteiger partial charge in [0, 0.05) is 39.3 Å². The van der Waals surface area contributed by atoms with E-state index >= 15 is 0 Å². The van der Waals surface area contributed by atoms with Crippen LogP contribution in [0.3, 0.4) is 0 Å². The van der Waals surface area contributed by atoms with E-state index in [4.69, 9.17) is 9.73 Å². The summed E-state index contributed by atoms with van der Waals surface area (Å²) in [6.07, 6.45) is 2.63. The molecule has 0 aliphatic carbocycles.